The van der Waals surface area contributed by atoms with E-state index in [0.29, 0.717) is 0 Å². The second kappa shape index (κ2) is 10.9. The Bertz CT molecular complexity index is 390. The first kappa shape index (κ1) is 21.5. The Morgan fingerprint density at radius 2 is 1.76 bits per heavy atom. The van der Waals surface area contributed by atoms with Crippen molar-refractivity contribution in [1.29, 1.82) is 0 Å². The summed E-state index contributed by atoms with van der Waals surface area (Å²) >= 11 is 3.87. The molecule has 0 fully saturated rings. The van der Waals surface area contributed by atoms with Crippen molar-refractivity contribution in [3.63, 3.8) is 0 Å². The van der Waals surface area contributed by atoms with Crippen molar-refractivity contribution in [3.05, 3.63) is 0 Å². The van der Waals surface area contributed by atoms with E-state index in [1.54, 1.807) is 0 Å². The van der Waals surface area contributed by atoms with Crippen LogP contribution in [-0.4, -0.2) is 58.3 Å². The number of thiol groups is 1. The largest absolute Gasteiger partial charge is 0.480 e. The third-order valence-electron chi connectivity index (χ3n) is 2.25. The van der Waals surface area contributed by atoms with Crippen LogP contribution >= 0.6 is 12.6 Å². The maximum Gasteiger partial charge on any atom is 0.322 e. The van der Waals surface area contributed by atoms with Crippen molar-refractivity contribution >= 4 is 36.4 Å². The lowest BCUT2D eigenvalue weighted by atomic mass is 10.1. The number of nitrogens with one attached hydrogen (secondary N) is 2. The van der Waals surface area contributed by atoms with Crippen molar-refractivity contribution in [2.75, 3.05) is 12.3 Å². The number of carbonyl (C=O) groups is 4. The average molecular weight is 323 g/mol. The molecule has 0 bridgehead atoms. The molecule has 0 aromatic rings. The summed E-state index contributed by atoms with van der Waals surface area (Å²) in [6, 6.07) is -2.15. The van der Waals surface area contributed by atoms with Gasteiger partial charge in [0.1, 0.15) is 18.6 Å². The monoisotopic (exact) mass is 323 g/mol. The summed E-state index contributed by atoms with van der Waals surface area (Å²) in [6.07, 6.45) is -0.235. The number of rotatable bonds is 9. The molecule has 0 radical (unpaired) electrons. The predicted molar refractivity (Wildman–Crippen MR) is 78.0 cm³/mol. The highest BCUT2D eigenvalue weighted by molar-refractivity contribution is 7.80. The molecule has 0 aromatic heterocycles. The molecule has 2 amide bonds. The summed E-state index contributed by atoms with van der Waals surface area (Å²) in [5.74, 6) is -3.70. The summed E-state index contributed by atoms with van der Waals surface area (Å²) in [6.45, 7) is -0.567. The van der Waals surface area contributed by atoms with Crippen LogP contribution in [0.15, 0.2) is 0 Å². The highest BCUT2D eigenvalue weighted by Crippen LogP contribution is 1.97. The SMILES string of the molecule is C.NC(CCC(=O)NC(CS)C(=O)NCC(=O)O)C(=O)O. The highest BCUT2D eigenvalue weighted by Gasteiger charge is 2.20. The van der Waals surface area contributed by atoms with Crippen LogP contribution in [0, 0.1) is 0 Å². The van der Waals surface area contributed by atoms with Crippen LogP contribution in [-0.2, 0) is 19.2 Å². The molecule has 21 heavy (non-hydrogen) atoms. The molecule has 0 aliphatic carbocycles. The molecule has 0 heterocycles. The van der Waals surface area contributed by atoms with E-state index >= 15 is 0 Å². The second-order valence-corrected chi connectivity index (χ2v) is 4.26. The van der Waals surface area contributed by atoms with E-state index < -0.39 is 42.4 Å². The van der Waals surface area contributed by atoms with Crippen molar-refractivity contribution in [2.24, 2.45) is 5.73 Å². The van der Waals surface area contributed by atoms with Crippen molar-refractivity contribution in [3.8, 4) is 0 Å². The summed E-state index contributed by atoms with van der Waals surface area (Å²) in [7, 11) is 0. The first-order valence-electron chi connectivity index (χ1n) is 5.66. The molecule has 0 aliphatic rings. The summed E-state index contributed by atoms with van der Waals surface area (Å²) < 4.78 is 0. The topological polar surface area (TPSA) is 159 Å². The highest BCUT2D eigenvalue weighted by atomic mass is 32.1. The van der Waals surface area contributed by atoms with E-state index in [1.165, 1.54) is 0 Å². The van der Waals surface area contributed by atoms with Gasteiger partial charge >= 0.3 is 11.9 Å². The molecule has 0 spiro atoms. The van der Waals surface area contributed by atoms with Crippen LogP contribution in [0.25, 0.3) is 0 Å². The zero-order valence-electron chi connectivity index (χ0n) is 10.5. The molecule has 0 aliphatic heterocycles. The lowest BCUT2D eigenvalue weighted by Crippen LogP contribution is -2.49. The molecule has 0 rings (SSSR count). The quantitative estimate of drug-likeness (QED) is 0.280. The van der Waals surface area contributed by atoms with Gasteiger partial charge in [-0.2, -0.15) is 12.6 Å². The van der Waals surface area contributed by atoms with E-state index in [9.17, 15) is 19.2 Å². The Morgan fingerprint density at radius 3 is 2.19 bits per heavy atom. The molecule has 122 valence electrons. The smallest absolute Gasteiger partial charge is 0.322 e. The number of nitrogens with two attached hydrogens (primary N) is 1. The van der Waals surface area contributed by atoms with E-state index in [2.05, 4.69) is 23.3 Å². The lowest BCUT2D eigenvalue weighted by Gasteiger charge is -2.16. The maximum atomic E-state index is 11.5. The Labute approximate surface area is 127 Å². The minimum Gasteiger partial charge on any atom is -0.480 e. The number of carboxylic acids is 2. The fourth-order valence-corrected chi connectivity index (χ4v) is 1.41. The molecule has 10 heteroatoms. The zero-order valence-corrected chi connectivity index (χ0v) is 11.4. The van der Waals surface area contributed by atoms with Crippen LogP contribution < -0.4 is 16.4 Å². The van der Waals surface area contributed by atoms with Gasteiger partial charge in [0.25, 0.3) is 0 Å². The van der Waals surface area contributed by atoms with Gasteiger partial charge in [0.05, 0.1) is 0 Å². The molecule has 6 N–H and O–H groups in total. The van der Waals surface area contributed by atoms with Crippen LogP contribution in [0.1, 0.15) is 20.3 Å². The summed E-state index contributed by atoms with van der Waals surface area (Å²) in [5.41, 5.74) is 5.23. The standard InChI is InChI=1S/C10H17N3O6S.CH4/c11-5(10(18)19)1-2-7(14)13-6(4-20)9(17)12-3-8(15)16;/h5-6,20H,1-4,11H2,(H,12,17)(H,13,14)(H,15,16)(H,18,19);1H4. The zero-order chi connectivity index (χ0) is 15.7. The molecular formula is C11H21N3O6S. The minimum absolute atomic E-state index is 0. The van der Waals surface area contributed by atoms with E-state index in [1.807, 2.05) is 0 Å². The molecule has 9 nitrogen and oxygen atoms in total. The second-order valence-electron chi connectivity index (χ2n) is 3.90. The van der Waals surface area contributed by atoms with E-state index in [0.717, 1.165) is 0 Å². The number of amides is 2. The van der Waals surface area contributed by atoms with Crippen LogP contribution in [0.2, 0.25) is 0 Å². The minimum atomic E-state index is -1.22. The number of hydrogen-bond acceptors (Lipinski definition) is 6. The fourth-order valence-electron chi connectivity index (χ4n) is 1.16. The molecule has 2 atom stereocenters. The van der Waals surface area contributed by atoms with Gasteiger partial charge < -0.3 is 26.6 Å². The summed E-state index contributed by atoms with van der Waals surface area (Å²) in [4.78, 5) is 43.7. The Hall–Kier alpha value is -1.81. The van der Waals surface area contributed by atoms with Gasteiger partial charge in [-0.05, 0) is 6.42 Å². The first-order valence-corrected chi connectivity index (χ1v) is 6.29. The van der Waals surface area contributed by atoms with Crippen LogP contribution in [0.3, 0.4) is 0 Å². The fraction of sp³-hybridized carbons (Fsp3) is 0.636. The van der Waals surface area contributed by atoms with Crippen molar-refractivity contribution in [2.45, 2.75) is 32.4 Å². The van der Waals surface area contributed by atoms with E-state index in [-0.39, 0.29) is 26.0 Å². The summed E-state index contributed by atoms with van der Waals surface area (Å²) in [5, 5.41) is 21.4. The van der Waals surface area contributed by atoms with Gasteiger partial charge in [-0.3, -0.25) is 19.2 Å². The van der Waals surface area contributed by atoms with Gasteiger partial charge in [-0.1, -0.05) is 7.43 Å². The molecule has 0 saturated heterocycles. The molecule has 0 saturated carbocycles. The number of carbonyl (C=O) groups excluding carboxylic acids is 2. The maximum absolute atomic E-state index is 11.5. The van der Waals surface area contributed by atoms with Gasteiger partial charge in [0, 0.05) is 12.2 Å². The number of hydrogen-bond donors (Lipinski definition) is 6. The third kappa shape index (κ3) is 9.68. The Balaban J connectivity index is 0. The normalized spacial score (nSPS) is 12.5. The van der Waals surface area contributed by atoms with Crippen LogP contribution in [0.4, 0.5) is 0 Å². The van der Waals surface area contributed by atoms with E-state index in [4.69, 9.17) is 15.9 Å². The first-order chi connectivity index (χ1) is 9.27. The van der Waals surface area contributed by atoms with Gasteiger partial charge in [-0.25, -0.2) is 0 Å². The van der Waals surface area contributed by atoms with Crippen molar-refractivity contribution < 1.29 is 29.4 Å². The third-order valence-corrected chi connectivity index (χ3v) is 2.61. The predicted octanol–water partition coefficient (Wildman–Crippen LogP) is -1.57. The molecule has 0 aromatic carbocycles. The average Bonchev–Trinajstić information content (AvgIpc) is 2.38. The number of aliphatic carboxylic acids is 2. The molecule has 2 unspecified atom stereocenters. The van der Waals surface area contributed by atoms with Crippen LogP contribution in [0.5, 0.6) is 0 Å². The lowest BCUT2D eigenvalue weighted by molar-refractivity contribution is -0.139. The van der Waals surface area contributed by atoms with Gasteiger partial charge in [0.15, 0.2) is 0 Å². The Kier molecular flexibility index (Phi) is 11.2. The van der Waals surface area contributed by atoms with Gasteiger partial charge in [0.2, 0.25) is 11.8 Å². The van der Waals surface area contributed by atoms with Gasteiger partial charge in [-0.15, -0.1) is 0 Å². The van der Waals surface area contributed by atoms with Crippen molar-refractivity contribution in [1.82, 2.24) is 10.6 Å². The number of carboxylic acid groups (broad SMARTS) is 2. The molecular weight excluding hydrogens is 302 g/mol. The Morgan fingerprint density at radius 1 is 1.19 bits per heavy atom.